The van der Waals surface area contributed by atoms with Crippen molar-refractivity contribution in [3.63, 3.8) is 0 Å². The molecule has 0 aromatic rings. The van der Waals surface area contributed by atoms with Crippen LogP contribution in [0.2, 0.25) is 0 Å². The summed E-state index contributed by atoms with van der Waals surface area (Å²) >= 11 is 8.50. The summed E-state index contributed by atoms with van der Waals surface area (Å²) in [6, 6.07) is 0. The second-order valence-corrected chi connectivity index (χ2v) is 7.95. The highest BCUT2D eigenvalue weighted by molar-refractivity contribution is 8.22. The number of hydrogen-bond acceptors (Lipinski definition) is 5. The Morgan fingerprint density at radius 2 is 1.77 bits per heavy atom. The SMILES string of the molecule is CCCCN(CCCC)C(=S)SCC(O)CSCCC(=O)O. The number of thioether (sulfide) groups is 2. The zero-order valence-electron chi connectivity index (χ0n) is 13.6. The predicted molar refractivity (Wildman–Crippen MR) is 102 cm³/mol. The smallest absolute Gasteiger partial charge is 0.304 e. The van der Waals surface area contributed by atoms with Crippen LogP contribution in [-0.2, 0) is 4.79 Å². The number of carboxylic acids is 1. The molecule has 7 heteroatoms. The Balaban J connectivity index is 3.95. The van der Waals surface area contributed by atoms with Crippen LogP contribution in [0.5, 0.6) is 0 Å². The average Bonchev–Trinajstić information content (AvgIpc) is 2.49. The van der Waals surface area contributed by atoms with E-state index >= 15 is 0 Å². The molecule has 0 saturated carbocycles. The molecular formula is C15H29NO3S3. The van der Waals surface area contributed by atoms with Crippen LogP contribution in [0.3, 0.4) is 0 Å². The van der Waals surface area contributed by atoms with Crippen molar-refractivity contribution in [1.82, 2.24) is 4.90 Å². The fourth-order valence-electron chi connectivity index (χ4n) is 1.68. The summed E-state index contributed by atoms with van der Waals surface area (Å²) in [5.41, 5.74) is 0. The Hall–Kier alpha value is 0.0200. The maximum atomic E-state index is 10.4. The number of carbonyl (C=O) groups is 1. The molecule has 0 amide bonds. The first kappa shape index (κ1) is 22.0. The van der Waals surface area contributed by atoms with Gasteiger partial charge in [0.05, 0.1) is 12.5 Å². The Morgan fingerprint density at radius 3 is 2.27 bits per heavy atom. The molecule has 0 radical (unpaired) electrons. The number of aliphatic hydroxyl groups excluding tert-OH is 1. The normalized spacial score (nSPS) is 12.1. The van der Waals surface area contributed by atoms with Gasteiger partial charge in [-0.15, -0.1) is 0 Å². The fraction of sp³-hybridized carbons (Fsp3) is 0.867. The second kappa shape index (κ2) is 14.6. The van der Waals surface area contributed by atoms with Crippen LogP contribution >= 0.6 is 35.7 Å². The molecular weight excluding hydrogens is 338 g/mol. The molecule has 0 aromatic heterocycles. The molecule has 0 aliphatic carbocycles. The van der Waals surface area contributed by atoms with Crippen molar-refractivity contribution in [2.24, 2.45) is 0 Å². The lowest BCUT2D eigenvalue weighted by Crippen LogP contribution is -2.30. The van der Waals surface area contributed by atoms with Gasteiger partial charge in [0.25, 0.3) is 0 Å². The molecule has 1 unspecified atom stereocenters. The topological polar surface area (TPSA) is 60.8 Å². The Kier molecular flexibility index (Phi) is 14.6. The van der Waals surface area contributed by atoms with Gasteiger partial charge in [-0.2, -0.15) is 11.8 Å². The summed E-state index contributed by atoms with van der Waals surface area (Å²) in [7, 11) is 0. The maximum Gasteiger partial charge on any atom is 0.304 e. The van der Waals surface area contributed by atoms with E-state index in [0.29, 0.717) is 17.3 Å². The van der Waals surface area contributed by atoms with Gasteiger partial charge in [-0.1, -0.05) is 50.7 Å². The summed E-state index contributed by atoms with van der Waals surface area (Å²) in [4.78, 5) is 12.7. The largest absolute Gasteiger partial charge is 0.481 e. The minimum Gasteiger partial charge on any atom is -0.481 e. The maximum absolute atomic E-state index is 10.4. The molecule has 0 bridgehead atoms. The minimum absolute atomic E-state index is 0.144. The number of hydrogen-bond donors (Lipinski definition) is 2. The first-order valence-corrected chi connectivity index (χ1v) is 10.4. The van der Waals surface area contributed by atoms with Crippen molar-refractivity contribution in [1.29, 1.82) is 0 Å². The van der Waals surface area contributed by atoms with E-state index in [9.17, 15) is 9.90 Å². The third-order valence-corrected chi connectivity index (χ3v) is 5.77. The van der Waals surface area contributed by atoms with Gasteiger partial charge in [-0.05, 0) is 12.8 Å². The highest BCUT2D eigenvalue weighted by atomic mass is 32.2. The molecule has 0 aromatic carbocycles. The van der Waals surface area contributed by atoms with E-state index in [-0.39, 0.29) is 6.42 Å². The van der Waals surface area contributed by atoms with E-state index in [2.05, 4.69) is 18.7 Å². The second-order valence-electron chi connectivity index (χ2n) is 5.14. The lowest BCUT2D eigenvalue weighted by atomic mass is 10.3. The van der Waals surface area contributed by atoms with E-state index in [1.54, 1.807) is 0 Å². The van der Waals surface area contributed by atoms with Crippen LogP contribution in [0.15, 0.2) is 0 Å². The van der Waals surface area contributed by atoms with Crippen molar-refractivity contribution in [2.75, 3.05) is 30.3 Å². The molecule has 0 rings (SSSR count). The first-order chi connectivity index (χ1) is 10.5. The van der Waals surface area contributed by atoms with Crippen molar-refractivity contribution >= 4 is 46.0 Å². The molecule has 4 nitrogen and oxygen atoms in total. The van der Waals surface area contributed by atoms with E-state index in [4.69, 9.17) is 17.3 Å². The van der Waals surface area contributed by atoms with Crippen molar-refractivity contribution in [3.05, 3.63) is 0 Å². The van der Waals surface area contributed by atoms with Gasteiger partial charge in [0.1, 0.15) is 4.32 Å². The Bertz CT molecular complexity index is 308. The highest BCUT2D eigenvalue weighted by Gasteiger charge is 2.12. The van der Waals surface area contributed by atoms with Crippen LogP contribution < -0.4 is 0 Å². The summed E-state index contributed by atoms with van der Waals surface area (Å²) in [5.74, 6) is 0.890. The third kappa shape index (κ3) is 12.6. The number of aliphatic hydroxyl groups is 1. The quantitative estimate of drug-likeness (QED) is 0.382. The Labute approximate surface area is 148 Å². The number of rotatable bonds is 13. The van der Waals surface area contributed by atoms with Gasteiger partial charge < -0.3 is 15.1 Å². The van der Waals surface area contributed by atoms with Gasteiger partial charge in [-0.25, -0.2) is 0 Å². The molecule has 0 fully saturated rings. The van der Waals surface area contributed by atoms with Crippen LogP contribution in [0.4, 0.5) is 0 Å². The molecule has 0 saturated heterocycles. The van der Waals surface area contributed by atoms with Gasteiger partial charge in [-0.3, -0.25) is 4.79 Å². The first-order valence-electron chi connectivity index (χ1n) is 7.90. The molecule has 1 atom stereocenters. The van der Waals surface area contributed by atoms with E-state index in [1.165, 1.54) is 23.5 Å². The van der Waals surface area contributed by atoms with Crippen molar-refractivity contribution < 1.29 is 15.0 Å². The van der Waals surface area contributed by atoms with E-state index < -0.39 is 12.1 Å². The molecule has 0 aliphatic rings. The molecule has 2 N–H and O–H groups in total. The van der Waals surface area contributed by atoms with Gasteiger partial charge in [0, 0.05) is 30.3 Å². The average molecular weight is 368 g/mol. The van der Waals surface area contributed by atoms with Gasteiger partial charge in [0.2, 0.25) is 0 Å². The van der Waals surface area contributed by atoms with Gasteiger partial charge >= 0.3 is 5.97 Å². The minimum atomic E-state index is -0.792. The van der Waals surface area contributed by atoms with Crippen LogP contribution in [0.1, 0.15) is 46.0 Å². The molecule has 0 aliphatic heterocycles. The number of unbranched alkanes of at least 4 members (excludes halogenated alkanes) is 2. The predicted octanol–water partition coefficient (Wildman–Crippen LogP) is 3.48. The van der Waals surface area contributed by atoms with E-state index in [1.807, 2.05) is 0 Å². The van der Waals surface area contributed by atoms with E-state index in [0.717, 1.165) is 43.1 Å². The summed E-state index contributed by atoms with van der Waals surface area (Å²) in [6.45, 7) is 6.33. The molecule has 0 spiro atoms. The number of carboxylic acid groups (broad SMARTS) is 1. The van der Waals surface area contributed by atoms with Crippen molar-refractivity contribution in [3.8, 4) is 0 Å². The molecule has 0 heterocycles. The summed E-state index contributed by atoms with van der Waals surface area (Å²) < 4.78 is 0.872. The summed E-state index contributed by atoms with van der Waals surface area (Å²) in [5, 5.41) is 18.5. The van der Waals surface area contributed by atoms with Gasteiger partial charge in [0.15, 0.2) is 0 Å². The fourth-order valence-corrected chi connectivity index (χ4v) is 3.91. The molecule has 130 valence electrons. The van der Waals surface area contributed by atoms with Crippen molar-refractivity contribution in [2.45, 2.75) is 52.1 Å². The zero-order chi connectivity index (χ0) is 16.8. The van der Waals surface area contributed by atoms with Crippen LogP contribution in [0, 0.1) is 0 Å². The van der Waals surface area contributed by atoms with Crippen LogP contribution in [-0.4, -0.2) is 61.9 Å². The lowest BCUT2D eigenvalue weighted by Gasteiger charge is -2.25. The monoisotopic (exact) mass is 367 g/mol. The number of thiocarbonyl (C=S) groups is 1. The number of nitrogens with zero attached hydrogens (tertiary/aromatic N) is 1. The standard InChI is InChI=1S/C15H29NO3S3/c1-3-5-8-16(9-6-4-2)15(20)22-12-13(17)11-21-10-7-14(18)19/h13,17H,3-12H2,1-2H3,(H,18,19). The Morgan fingerprint density at radius 1 is 1.18 bits per heavy atom. The number of aliphatic carboxylic acids is 1. The summed E-state index contributed by atoms with van der Waals surface area (Å²) in [6.07, 6.45) is 4.28. The van der Waals surface area contributed by atoms with Crippen LogP contribution in [0.25, 0.3) is 0 Å². The molecule has 22 heavy (non-hydrogen) atoms. The highest BCUT2D eigenvalue weighted by Crippen LogP contribution is 2.15. The lowest BCUT2D eigenvalue weighted by molar-refractivity contribution is -0.136. The zero-order valence-corrected chi connectivity index (χ0v) is 16.1. The third-order valence-electron chi connectivity index (χ3n) is 2.99.